The van der Waals surface area contributed by atoms with E-state index in [-0.39, 0.29) is 5.91 Å². The van der Waals surface area contributed by atoms with Gasteiger partial charge in [0.15, 0.2) is 0 Å². The van der Waals surface area contributed by atoms with E-state index in [1.807, 2.05) is 53.5 Å². The molecule has 0 bridgehead atoms. The molecule has 2 aromatic carbocycles. The number of amides is 1. The first kappa shape index (κ1) is 15.6. The molecular weight excluding hydrogens is 306 g/mol. The van der Waals surface area contributed by atoms with Gasteiger partial charge in [-0.15, -0.1) is 0 Å². The first-order valence-corrected chi connectivity index (χ1v) is 8.88. The molecule has 4 rings (SSSR count). The highest BCUT2D eigenvalue weighted by Gasteiger charge is 2.26. The summed E-state index contributed by atoms with van der Waals surface area (Å²) in [5, 5.41) is 0. The number of benzene rings is 2. The number of carbonyl (C=O) groups is 1. The Hall–Kier alpha value is -2.87. The van der Waals surface area contributed by atoms with Crippen LogP contribution in [0.2, 0.25) is 0 Å². The largest absolute Gasteiger partial charge is 0.339 e. The first-order chi connectivity index (χ1) is 12.3. The number of nitrogens with zero attached hydrogens (tertiary/aromatic N) is 1. The van der Waals surface area contributed by atoms with Crippen LogP contribution >= 0.6 is 0 Å². The minimum atomic E-state index is 0.155. The van der Waals surface area contributed by atoms with E-state index in [0.29, 0.717) is 0 Å². The quantitative estimate of drug-likeness (QED) is 0.806. The Kier molecular flexibility index (Phi) is 4.34. The van der Waals surface area contributed by atoms with Crippen LogP contribution in [-0.4, -0.2) is 23.9 Å². The van der Waals surface area contributed by atoms with Gasteiger partial charge in [-0.3, -0.25) is 4.79 Å². The second-order valence-corrected chi connectivity index (χ2v) is 6.46. The van der Waals surface area contributed by atoms with E-state index in [2.05, 4.69) is 30.3 Å². The van der Waals surface area contributed by atoms with Crippen molar-refractivity contribution in [3.8, 4) is 0 Å². The van der Waals surface area contributed by atoms with Crippen molar-refractivity contribution in [2.24, 2.45) is 0 Å². The summed E-state index contributed by atoms with van der Waals surface area (Å²) in [7, 11) is 0. The number of likely N-dealkylation sites (tertiary alicyclic amines) is 1. The lowest BCUT2D eigenvalue weighted by atomic mass is 9.90. The third-order valence-electron chi connectivity index (χ3n) is 4.83. The van der Waals surface area contributed by atoms with Gasteiger partial charge >= 0.3 is 0 Å². The van der Waals surface area contributed by atoms with Gasteiger partial charge in [-0.05, 0) is 41.2 Å². The van der Waals surface area contributed by atoms with E-state index in [1.165, 1.54) is 0 Å². The molecule has 0 atom stereocenters. The minimum Gasteiger partial charge on any atom is -0.339 e. The zero-order valence-electron chi connectivity index (χ0n) is 14.2. The van der Waals surface area contributed by atoms with Crippen molar-refractivity contribution in [2.75, 3.05) is 13.1 Å². The number of rotatable bonds is 3. The molecule has 1 fully saturated rings. The van der Waals surface area contributed by atoms with Gasteiger partial charge in [0.05, 0.1) is 0 Å². The summed E-state index contributed by atoms with van der Waals surface area (Å²) in [5.74, 6) is 0.155. The maximum Gasteiger partial charge on any atom is 0.254 e. The Labute approximate surface area is 148 Å². The second kappa shape index (κ2) is 6.94. The molecule has 0 aromatic heterocycles. The molecule has 0 unspecified atom stereocenters. The highest BCUT2D eigenvalue weighted by atomic mass is 16.2. The van der Waals surface area contributed by atoms with Gasteiger partial charge in [-0.1, -0.05) is 72.8 Å². The Bertz CT molecular complexity index is 812. The van der Waals surface area contributed by atoms with Crippen LogP contribution in [0, 0.1) is 0 Å². The third-order valence-corrected chi connectivity index (χ3v) is 4.83. The summed E-state index contributed by atoms with van der Waals surface area (Å²) in [6.07, 6.45) is 8.23. The number of hydrogen-bond donors (Lipinski definition) is 0. The van der Waals surface area contributed by atoms with Crippen LogP contribution < -0.4 is 0 Å². The van der Waals surface area contributed by atoms with Gasteiger partial charge in [0.2, 0.25) is 0 Å². The second-order valence-electron chi connectivity index (χ2n) is 6.46. The van der Waals surface area contributed by atoms with E-state index in [1.54, 1.807) is 0 Å². The lowest BCUT2D eigenvalue weighted by molar-refractivity contribution is -0.125. The summed E-state index contributed by atoms with van der Waals surface area (Å²) in [6.45, 7) is 1.74. The minimum absolute atomic E-state index is 0.155. The van der Waals surface area contributed by atoms with Crippen LogP contribution in [0.1, 0.15) is 24.0 Å². The smallest absolute Gasteiger partial charge is 0.254 e. The van der Waals surface area contributed by atoms with E-state index in [0.717, 1.165) is 53.8 Å². The molecule has 1 aliphatic heterocycles. The molecule has 0 N–H and O–H groups in total. The van der Waals surface area contributed by atoms with Crippen molar-refractivity contribution >= 4 is 11.5 Å². The third kappa shape index (κ3) is 3.08. The summed E-state index contributed by atoms with van der Waals surface area (Å²) in [5.41, 5.74) is 5.22. The predicted octanol–water partition coefficient (Wildman–Crippen LogP) is 4.61. The predicted molar refractivity (Wildman–Crippen MR) is 102 cm³/mol. The van der Waals surface area contributed by atoms with E-state index < -0.39 is 0 Å². The fourth-order valence-corrected chi connectivity index (χ4v) is 3.60. The molecule has 0 radical (unpaired) electrons. The van der Waals surface area contributed by atoms with Gasteiger partial charge < -0.3 is 4.90 Å². The number of allylic oxidation sites excluding steroid dienone is 3. The Morgan fingerprint density at radius 3 is 1.92 bits per heavy atom. The summed E-state index contributed by atoms with van der Waals surface area (Å²) < 4.78 is 0. The molecule has 2 aliphatic rings. The Morgan fingerprint density at radius 1 is 0.800 bits per heavy atom. The highest BCUT2D eigenvalue weighted by molar-refractivity contribution is 6.05. The topological polar surface area (TPSA) is 20.3 Å². The molecule has 1 saturated heterocycles. The molecule has 2 nitrogen and oxygen atoms in total. The Morgan fingerprint density at radius 2 is 1.36 bits per heavy atom. The summed E-state index contributed by atoms with van der Waals surface area (Å²) in [4.78, 5) is 15.0. The van der Waals surface area contributed by atoms with Gasteiger partial charge in [-0.25, -0.2) is 0 Å². The molecule has 1 amide bonds. The monoisotopic (exact) mass is 327 g/mol. The molecule has 2 heteroatoms. The van der Waals surface area contributed by atoms with Gasteiger partial charge in [0, 0.05) is 18.7 Å². The molecule has 124 valence electrons. The van der Waals surface area contributed by atoms with Crippen molar-refractivity contribution in [3.63, 3.8) is 0 Å². The first-order valence-electron chi connectivity index (χ1n) is 8.88. The van der Waals surface area contributed by atoms with Crippen LogP contribution in [0.15, 0.2) is 90.0 Å². The fourth-order valence-electron chi connectivity index (χ4n) is 3.60. The molecule has 0 saturated carbocycles. The number of carbonyl (C=O) groups excluding carboxylic acids is 1. The molecule has 1 heterocycles. The van der Waals surface area contributed by atoms with E-state index in [4.69, 9.17) is 0 Å². The molecule has 2 aromatic rings. The maximum absolute atomic E-state index is 13.0. The Balaban J connectivity index is 1.83. The van der Waals surface area contributed by atoms with Crippen LogP contribution in [0.25, 0.3) is 5.57 Å². The fraction of sp³-hybridized carbons (Fsp3) is 0.174. The lowest BCUT2D eigenvalue weighted by Gasteiger charge is -2.19. The van der Waals surface area contributed by atoms with Crippen molar-refractivity contribution in [1.82, 2.24) is 4.90 Å². The zero-order valence-corrected chi connectivity index (χ0v) is 14.2. The normalized spacial score (nSPS) is 16.2. The maximum atomic E-state index is 13.0. The number of hydrogen-bond acceptors (Lipinski definition) is 1. The van der Waals surface area contributed by atoms with Gasteiger partial charge in [-0.2, -0.15) is 0 Å². The summed E-state index contributed by atoms with van der Waals surface area (Å²) in [6, 6.07) is 20.7. The van der Waals surface area contributed by atoms with Crippen molar-refractivity contribution in [2.45, 2.75) is 12.8 Å². The molecule has 1 aliphatic carbocycles. The average Bonchev–Trinajstić information content (AvgIpc) is 3.36. The molecule has 25 heavy (non-hydrogen) atoms. The average molecular weight is 327 g/mol. The van der Waals surface area contributed by atoms with Crippen LogP contribution in [0.3, 0.4) is 0 Å². The lowest BCUT2D eigenvalue weighted by Crippen LogP contribution is -2.29. The van der Waals surface area contributed by atoms with E-state index in [9.17, 15) is 4.79 Å². The molecular formula is C23H21NO. The van der Waals surface area contributed by atoms with Crippen LogP contribution in [-0.2, 0) is 4.79 Å². The van der Waals surface area contributed by atoms with Crippen LogP contribution in [0.4, 0.5) is 0 Å². The zero-order chi connectivity index (χ0) is 17.1. The van der Waals surface area contributed by atoms with Crippen LogP contribution in [0.5, 0.6) is 0 Å². The highest BCUT2D eigenvalue weighted by Crippen LogP contribution is 2.34. The van der Waals surface area contributed by atoms with Gasteiger partial charge in [0.1, 0.15) is 0 Å². The van der Waals surface area contributed by atoms with E-state index >= 15 is 0 Å². The molecule has 0 spiro atoms. The summed E-state index contributed by atoms with van der Waals surface area (Å²) >= 11 is 0. The SMILES string of the molecule is O=C(C1=CC=CC1=C(c1ccccc1)c1ccccc1)N1CCCC1. The van der Waals surface area contributed by atoms with Crippen molar-refractivity contribution < 1.29 is 4.79 Å². The van der Waals surface area contributed by atoms with Gasteiger partial charge in [0.25, 0.3) is 5.91 Å². The van der Waals surface area contributed by atoms with Crippen molar-refractivity contribution in [3.05, 3.63) is 101 Å². The van der Waals surface area contributed by atoms with Crippen molar-refractivity contribution in [1.29, 1.82) is 0 Å². The standard InChI is InChI=1S/C23H21NO/c25-23(24-16-7-8-17-24)21-15-9-14-20(21)22(18-10-3-1-4-11-18)19-12-5-2-6-13-19/h1-6,9-15H,7-8,16-17H2.